The Bertz CT molecular complexity index is 495. The zero-order chi connectivity index (χ0) is 10.3. The van der Waals surface area contributed by atoms with Crippen LogP contribution in [-0.2, 0) is 14.1 Å². The summed E-state index contributed by atoms with van der Waals surface area (Å²) >= 11 is 0. The number of rotatable bonds is 1. The number of aryl methyl sites for hydroxylation is 2. The minimum atomic E-state index is 0. The first-order valence-corrected chi connectivity index (χ1v) is 4.15. The molecule has 2 rings (SSSR count). The van der Waals surface area contributed by atoms with Crippen molar-refractivity contribution in [2.45, 2.75) is 0 Å². The molecule has 15 heavy (non-hydrogen) atoms. The predicted molar refractivity (Wildman–Crippen MR) is 57.9 cm³/mol. The Morgan fingerprint density at radius 3 is 2.73 bits per heavy atom. The Labute approximate surface area is 93.1 Å². The van der Waals surface area contributed by atoms with Crippen molar-refractivity contribution in [3.8, 4) is 5.88 Å². The predicted octanol–water partition coefficient (Wildman–Crippen LogP) is -0.195. The van der Waals surface area contributed by atoms with Gasteiger partial charge in [-0.2, -0.15) is 4.98 Å². The van der Waals surface area contributed by atoms with Crippen LogP contribution in [0.4, 0.5) is 5.95 Å². The topological polar surface area (TPSA) is 69.8 Å². The molecule has 0 aliphatic heterocycles. The number of anilines is 1. The lowest BCUT2D eigenvalue weighted by Crippen LogP contribution is -2.26. The fourth-order valence-electron chi connectivity index (χ4n) is 1.51. The van der Waals surface area contributed by atoms with Crippen LogP contribution in [0.15, 0.2) is 6.33 Å². The van der Waals surface area contributed by atoms with E-state index in [2.05, 4.69) is 9.97 Å². The summed E-state index contributed by atoms with van der Waals surface area (Å²) in [6.07, 6.45) is 1.89. The maximum absolute atomic E-state index is 5.55. The minimum absolute atomic E-state index is 0. The second kappa shape index (κ2) is 3.90. The molecule has 6 nitrogen and oxygen atoms in total. The van der Waals surface area contributed by atoms with Gasteiger partial charge in [0.25, 0.3) is 5.88 Å². The van der Waals surface area contributed by atoms with Crippen LogP contribution in [-0.4, -0.2) is 21.6 Å². The van der Waals surface area contributed by atoms with E-state index < -0.39 is 0 Å². The van der Waals surface area contributed by atoms with Gasteiger partial charge in [-0.15, -0.1) is 12.4 Å². The molecule has 2 aromatic rings. The molecule has 0 amide bonds. The molecule has 0 radical (unpaired) electrons. The van der Waals surface area contributed by atoms with Crippen LogP contribution in [0.25, 0.3) is 11.2 Å². The van der Waals surface area contributed by atoms with Gasteiger partial charge < -0.3 is 10.5 Å². The minimum Gasteiger partial charge on any atom is -0.478 e. The molecule has 2 aromatic heterocycles. The molecule has 7 heteroatoms. The molecule has 0 aliphatic carbocycles. The van der Waals surface area contributed by atoms with Gasteiger partial charge in [-0.1, -0.05) is 4.98 Å². The molecule has 0 unspecified atom stereocenters. The van der Waals surface area contributed by atoms with E-state index in [1.54, 1.807) is 7.11 Å². The molecule has 0 spiro atoms. The standard InChI is InChI=1S/C8H12N5O.ClH/c1-12-4-13(2)6-5(12)7(14-3)11-8(9)10-6;/h4H,1-3H3,(H2,9,10,11);1H/q+1;. The first-order valence-electron chi connectivity index (χ1n) is 4.15. The summed E-state index contributed by atoms with van der Waals surface area (Å²) in [4.78, 5) is 8.14. The second-order valence-electron chi connectivity index (χ2n) is 3.10. The number of fused-ring (bicyclic) bond motifs is 1. The average molecular weight is 231 g/mol. The fraction of sp³-hybridized carbons (Fsp3) is 0.375. The summed E-state index contributed by atoms with van der Waals surface area (Å²) in [6.45, 7) is 0. The third-order valence-electron chi connectivity index (χ3n) is 2.08. The summed E-state index contributed by atoms with van der Waals surface area (Å²) in [5.41, 5.74) is 7.15. The van der Waals surface area contributed by atoms with E-state index >= 15 is 0 Å². The van der Waals surface area contributed by atoms with Crippen LogP contribution in [0.1, 0.15) is 0 Å². The summed E-state index contributed by atoms with van der Waals surface area (Å²) in [7, 11) is 5.37. The van der Waals surface area contributed by atoms with Crippen LogP contribution in [0.5, 0.6) is 5.88 Å². The summed E-state index contributed by atoms with van der Waals surface area (Å²) in [6, 6.07) is 0. The number of aromatic nitrogens is 4. The molecular formula is C8H13ClN5O+. The van der Waals surface area contributed by atoms with Crippen molar-refractivity contribution in [3.05, 3.63) is 6.33 Å². The molecule has 0 aromatic carbocycles. The molecule has 0 bridgehead atoms. The highest BCUT2D eigenvalue weighted by Gasteiger charge is 2.19. The molecule has 2 heterocycles. The number of nitrogens with two attached hydrogens (primary N) is 1. The quantitative estimate of drug-likeness (QED) is 0.690. The Balaban J connectivity index is 0.00000112. The van der Waals surface area contributed by atoms with Crippen LogP contribution in [0.2, 0.25) is 0 Å². The van der Waals surface area contributed by atoms with Gasteiger partial charge in [-0.3, -0.25) is 4.57 Å². The third-order valence-corrected chi connectivity index (χ3v) is 2.08. The third kappa shape index (κ3) is 1.68. The van der Waals surface area contributed by atoms with Crippen molar-refractivity contribution in [3.63, 3.8) is 0 Å². The van der Waals surface area contributed by atoms with E-state index in [1.165, 1.54) is 0 Å². The SMILES string of the molecule is COc1nc(N)nc2c1n(C)c[n+]2C.Cl. The number of hydrogen-bond acceptors (Lipinski definition) is 4. The Kier molecular flexibility index (Phi) is 2.99. The van der Waals surface area contributed by atoms with Gasteiger partial charge >= 0.3 is 11.6 Å². The Hall–Kier alpha value is -1.56. The molecule has 0 fully saturated rings. The molecule has 0 aliphatic rings. The largest absolute Gasteiger partial charge is 0.478 e. The Morgan fingerprint density at radius 2 is 2.13 bits per heavy atom. The summed E-state index contributed by atoms with van der Waals surface area (Å²) < 4.78 is 8.90. The van der Waals surface area contributed by atoms with Crippen LogP contribution >= 0.6 is 12.4 Å². The maximum Gasteiger partial charge on any atom is 0.311 e. The molecule has 0 saturated heterocycles. The van der Waals surface area contributed by atoms with Crippen LogP contribution in [0, 0.1) is 0 Å². The zero-order valence-corrected chi connectivity index (χ0v) is 9.58. The second-order valence-corrected chi connectivity index (χ2v) is 3.10. The number of methoxy groups -OCH3 is 1. The van der Waals surface area contributed by atoms with Crippen molar-refractivity contribution >= 4 is 29.5 Å². The van der Waals surface area contributed by atoms with Gasteiger partial charge in [0.1, 0.15) is 0 Å². The van der Waals surface area contributed by atoms with Gasteiger partial charge in [-0.05, 0) is 0 Å². The van der Waals surface area contributed by atoms with Gasteiger partial charge in [0.15, 0.2) is 6.33 Å². The first kappa shape index (κ1) is 11.5. The van der Waals surface area contributed by atoms with Crippen molar-refractivity contribution in [2.24, 2.45) is 14.1 Å². The lowest BCUT2D eigenvalue weighted by atomic mass is 10.5. The highest BCUT2D eigenvalue weighted by molar-refractivity contribution is 5.85. The smallest absolute Gasteiger partial charge is 0.311 e. The zero-order valence-electron chi connectivity index (χ0n) is 8.76. The van der Waals surface area contributed by atoms with E-state index in [4.69, 9.17) is 10.5 Å². The van der Waals surface area contributed by atoms with Gasteiger partial charge in [-0.25, -0.2) is 4.57 Å². The molecule has 82 valence electrons. The van der Waals surface area contributed by atoms with Crippen LogP contribution in [0.3, 0.4) is 0 Å². The van der Waals surface area contributed by atoms with E-state index in [1.807, 2.05) is 29.6 Å². The summed E-state index contributed by atoms with van der Waals surface area (Å²) in [5.74, 6) is 0.715. The number of halogens is 1. The number of hydrogen-bond donors (Lipinski definition) is 1. The molecule has 0 saturated carbocycles. The van der Waals surface area contributed by atoms with E-state index in [0.29, 0.717) is 5.88 Å². The molecular weight excluding hydrogens is 218 g/mol. The highest BCUT2D eigenvalue weighted by atomic mass is 35.5. The fourth-order valence-corrected chi connectivity index (χ4v) is 1.51. The summed E-state index contributed by atoms with van der Waals surface area (Å²) in [5, 5.41) is 0. The number of nitrogen functional groups attached to an aromatic ring is 1. The van der Waals surface area contributed by atoms with E-state index in [9.17, 15) is 0 Å². The van der Waals surface area contributed by atoms with E-state index in [0.717, 1.165) is 11.2 Å². The lowest BCUT2D eigenvalue weighted by molar-refractivity contribution is -0.647. The highest BCUT2D eigenvalue weighted by Crippen LogP contribution is 2.19. The van der Waals surface area contributed by atoms with Gasteiger partial charge in [0.05, 0.1) is 21.2 Å². The van der Waals surface area contributed by atoms with Crippen molar-refractivity contribution in [1.82, 2.24) is 14.5 Å². The van der Waals surface area contributed by atoms with E-state index in [-0.39, 0.29) is 18.4 Å². The normalized spacial score (nSPS) is 10.1. The number of ether oxygens (including phenoxy) is 1. The monoisotopic (exact) mass is 230 g/mol. The molecule has 2 N–H and O–H groups in total. The molecule has 0 atom stereocenters. The van der Waals surface area contributed by atoms with Crippen molar-refractivity contribution in [1.29, 1.82) is 0 Å². The van der Waals surface area contributed by atoms with Crippen molar-refractivity contribution < 1.29 is 9.30 Å². The number of nitrogens with zero attached hydrogens (tertiary/aromatic N) is 4. The van der Waals surface area contributed by atoms with Gasteiger partial charge in [0, 0.05) is 0 Å². The lowest BCUT2D eigenvalue weighted by Gasteiger charge is -1.97. The Morgan fingerprint density at radius 1 is 1.47 bits per heavy atom. The van der Waals surface area contributed by atoms with Crippen LogP contribution < -0.4 is 15.0 Å². The average Bonchev–Trinajstić information content (AvgIpc) is 2.41. The maximum atomic E-state index is 5.55. The van der Waals surface area contributed by atoms with Gasteiger partial charge in [0.2, 0.25) is 5.52 Å². The van der Waals surface area contributed by atoms with Crippen molar-refractivity contribution in [2.75, 3.05) is 12.8 Å². The first-order chi connectivity index (χ1) is 6.63. The number of imidazole rings is 1.